The van der Waals surface area contributed by atoms with E-state index in [2.05, 4.69) is 0 Å². The average Bonchev–Trinajstić information content (AvgIpc) is 3.18. The van der Waals surface area contributed by atoms with Crippen molar-refractivity contribution < 1.29 is 38.3 Å². The minimum atomic E-state index is -1.28. The monoisotopic (exact) mass is 476 g/mol. The molecule has 2 aromatic carbocycles. The number of rotatable bonds is 7. The first-order chi connectivity index (χ1) is 16.8. The van der Waals surface area contributed by atoms with Crippen LogP contribution in [-0.4, -0.2) is 47.7 Å². The van der Waals surface area contributed by atoms with E-state index in [0.29, 0.717) is 16.7 Å². The highest BCUT2D eigenvalue weighted by Gasteiger charge is 2.52. The van der Waals surface area contributed by atoms with Crippen molar-refractivity contribution in [1.82, 2.24) is 0 Å². The van der Waals surface area contributed by atoms with Crippen LogP contribution in [0.4, 0.5) is 0 Å². The lowest BCUT2D eigenvalue weighted by Gasteiger charge is -2.19. The minimum Gasteiger partial charge on any atom is -0.459 e. The fraction of sp³-hybridized carbons (Fsp3) is 0.259. The van der Waals surface area contributed by atoms with E-state index in [0.717, 1.165) is 5.56 Å². The fourth-order valence-electron chi connectivity index (χ4n) is 3.92. The third-order valence-electron chi connectivity index (χ3n) is 5.67. The summed E-state index contributed by atoms with van der Waals surface area (Å²) in [5, 5.41) is 11.1. The molecule has 8 heteroatoms. The number of hydrogen-bond acceptors (Lipinski definition) is 7. The molecule has 8 nitrogen and oxygen atoms in total. The van der Waals surface area contributed by atoms with Gasteiger partial charge in [-0.25, -0.2) is 9.59 Å². The summed E-state index contributed by atoms with van der Waals surface area (Å²) in [5.41, 5.74) is 1.90. The first kappa shape index (κ1) is 24.3. The van der Waals surface area contributed by atoms with Crippen LogP contribution in [0, 0.1) is 6.92 Å². The van der Waals surface area contributed by atoms with E-state index in [-0.39, 0.29) is 12.4 Å². The molecule has 0 amide bonds. The normalized spacial score (nSPS) is 21.3. The molecule has 35 heavy (non-hydrogen) atoms. The smallest absolute Gasteiger partial charge is 0.338 e. The molecule has 1 saturated heterocycles. The van der Waals surface area contributed by atoms with Crippen molar-refractivity contribution in [2.75, 3.05) is 6.61 Å². The number of aryl methyl sites for hydroxylation is 1. The summed E-state index contributed by atoms with van der Waals surface area (Å²) >= 11 is 0. The van der Waals surface area contributed by atoms with Gasteiger partial charge >= 0.3 is 11.9 Å². The minimum absolute atomic E-state index is 0.143. The Kier molecular flexibility index (Phi) is 7.33. The summed E-state index contributed by atoms with van der Waals surface area (Å²) in [4.78, 5) is 37.1. The number of ether oxygens (including phenoxy) is 3. The van der Waals surface area contributed by atoms with Gasteiger partial charge in [0, 0.05) is 5.56 Å². The number of Topliss-reactive ketones (excluding diaryl/α,β-unsaturated/α-hetero) is 1. The van der Waals surface area contributed by atoms with Gasteiger partial charge in [0.05, 0.1) is 16.7 Å². The zero-order valence-corrected chi connectivity index (χ0v) is 19.4. The van der Waals surface area contributed by atoms with Crippen LogP contribution in [0.3, 0.4) is 0 Å². The van der Waals surface area contributed by atoms with Gasteiger partial charge < -0.3 is 19.3 Å². The van der Waals surface area contributed by atoms with E-state index in [1.807, 2.05) is 6.92 Å². The molecule has 0 aliphatic carbocycles. The van der Waals surface area contributed by atoms with Gasteiger partial charge in [0.2, 0.25) is 0 Å². The zero-order chi connectivity index (χ0) is 24.9. The topological polar surface area (TPSA) is 103 Å². The molecule has 0 saturated carbocycles. The maximum Gasteiger partial charge on any atom is 0.338 e. The molecule has 0 spiro atoms. The van der Waals surface area contributed by atoms with E-state index < -0.39 is 36.5 Å². The predicted octanol–water partition coefficient (Wildman–Crippen LogP) is 2.83. The number of nitrogens with zero attached hydrogens (tertiary/aromatic N) is 1. The number of aromatic nitrogens is 1. The highest BCUT2D eigenvalue weighted by Crippen LogP contribution is 2.29. The number of esters is 2. The lowest BCUT2D eigenvalue weighted by molar-refractivity contribution is -0.766. The second kappa shape index (κ2) is 10.6. The second-order valence-electron chi connectivity index (χ2n) is 8.36. The summed E-state index contributed by atoms with van der Waals surface area (Å²) in [7, 11) is 0. The van der Waals surface area contributed by atoms with Gasteiger partial charge in [-0.15, -0.1) is 0 Å². The molecule has 0 radical (unpaired) electrons. The number of pyridine rings is 1. The van der Waals surface area contributed by atoms with Crippen LogP contribution in [0.5, 0.6) is 0 Å². The Bertz CT molecular complexity index is 1210. The number of aliphatic hydroxyl groups excluding tert-OH is 1. The standard InChI is InChI=1S/C27H26NO7/c1-17-13-21(18(2)29)15-28(14-17)25-23(30)24(35-27(32)20-11-7-4-8-12-20)22(34-25)16-33-26(31)19-9-5-3-6-10-19/h3-15,22-25,30H,16H2,1-2H3/q+1. The van der Waals surface area contributed by atoms with Gasteiger partial charge in [-0.2, -0.15) is 4.57 Å². The van der Waals surface area contributed by atoms with Crippen molar-refractivity contribution in [2.24, 2.45) is 0 Å². The number of benzene rings is 2. The Balaban J connectivity index is 1.58. The summed E-state index contributed by atoms with van der Waals surface area (Å²) in [5.74, 6) is -1.35. The molecule has 2 heterocycles. The summed E-state index contributed by atoms with van der Waals surface area (Å²) in [6.07, 6.45) is -1.03. The van der Waals surface area contributed by atoms with Crippen molar-refractivity contribution in [3.05, 3.63) is 101 Å². The first-order valence-corrected chi connectivity index (χ1v) is 11.2. The van der Waals surface area contributed by atoms with Gasteiger partial charge in [-0.05, 0) is 44.2 Å². The third kappa shape index (κ3) is 5.62. The number of aliphatic hydroxyl groups is 1. The maximum absolute atomic E-state index is 12.7. The molecule has 180 valence electrons. The number of hydrogen-bond donors (Lipinski definition) is 1. The number of ketones is 1. The Morgan fingerprint density at radius 2 is 1.51 bits per heavy atom. The fourth-order valence-corrected chi connectivity index (χ4v) is 3.92. The van der Waals surface area contributed by atoms with Crippen LogP contribution in [0.2, 0.25) is 0 Å². The van der Waals surface area contributed by atoms with Gasteiger partial charge in [0.1, 0.15) is 12.7 Å². The predicted molar refractivity (Wildman–Crippen MR) is 124 cm³/mol. The largest absolute Gasteiger partial charge is 0.459 e. The average molecular weight is 477 g/mol. The van der Waals surface area contributed by atoms with E-state index in [9.17, 15) is 19.5 Å². The Morgan fingerprint density at radius 3 is 2.11 bits per heavy atom. The van der Waals surface area contributed by atoms with Crippen molar-refractivity contribution in [1.29, 1.82) is 0 Å². The van der Waals surface area contributed by atoms with E-state index in [1.165, 1.54) is 6.92 Å². The molecule has 0 bridgehead atoms. The van der Waals surface area contributed by atoms with Crippen molar-refractivity contribution in [3.8, 4) is 0 Å². The van der Waals surface area contributed by atoms with Crippen LogP contribution in [0.1, 0.15) is 49.8 Å². The molecule has 1 aromatic heterocycles. The molecule has 1 aliphatic rings. The van der Waals surface area contributed by atoms with Gasteiger partial charge in [0.15, 0.2) is 30.4 Å². The van der Waals surface area contributed by atoms with E-state index >= 15 is 0 Å². The molecular formula is C27H26NO7+. The molecular weight excluding hydrogens is 450 g/mol. The zero-order valence-electron chi connectivity index (χ0n) is 19.4. The van der Waals surface area contributed by atoms with E-state index in [1.54, 1.807) is 83.7 Å². The van der Waals surface area contributed by atoms with Crippen LogP contribution >= 0.6 is 0 Å². The van der Waals surface area contributed by atoms with Gasteiger partial charge in [-0.3, -0.25) is 4.79 Å². The molecule has 4 unspecified atom stereocenters. The van der Waals surface area contributed by atoms with Crippen molar-refractivity contribution in [3.63, 3.8) is 0 Å². The molecule has 1 N–H and O–H groups in total. The number of carbonyl (C=O) groups is 3. The van der Waals surface area contributed by atoms with Gasteiger partial charge in [0.25, 0.3) is 6.23 Å². The van der Waals surface area contributed by atoms with Crippen molar-refractivity contribution in [2.45, 2.75) is 38.4 Å². The highest BCUT2D eigenvalue weighted by molar-refractivity contribution is 5.93. The quantitative estimate of drug-likeness (QED) is 0.318. The highest BCUT2D eigenvalue weighted by atomic mass is 16.6. The van der Waals surface area contributed by atoms with Crippen LogP contribution in [-0.2, 0) is 14.2 Å². The Hall–Kier alpha value is -3.88. The van der Waals surface area contributed by atoms with Crippen LogP contribution in [0.25, 0.3) is 0 Å². The molecule has 1 aliphatic heterocycles. The van der Waals surface area contributed by atoms with Gasteiger partial charge in [-0.1, -0.05) is 36.4 Å². The Morgan fingerprint density at radius 1 is 0.914 bits per heavy atom. The molecule has 4 rings (SSSR count). The third-order valence-corrected chi connectivity index (χ3v) is 5.67. The van der Waals surface area contributed by atoms with Crippen LogP contribution < -0.4 is 4.57 Å². The summed E-state index contributed by atoms with van der Waals surface area (Å²) in [6.45, 7) is 3.01. The maximum atomic E-state index is 12.7. The lowest BCUT2D eigenvalue weighted by atomic mass is 10.1. The number of carbonyl (C=O) groups excluding carboxylic acids is 3. The van der Waals surface area contributed by atoms with E-state index in [4.69, 9.17) is 14.2 Å². The summed E-state index contributed by atoms with van der Waals surface area (Å²) in [6, 6.07) is 18.6. The first-order valence-electron chi connectivity index (χ1n) is 11.2. The van der Waals surface area contributed by atoms with Crippen molar-refractivity contribution >= 4 is 17.7 Å². The molecule has 4 atom stereocenters. The second-order valence-corrected chi connectivity index (χ2v) is 8.36. The Labute approximate surface area is 202 Å². The summed E-state index contributed by atoms with van der Waals surface area (Å²) < 4.78 is 18.7. The molecule has 1 fully saturated rings. The lowest BCUT2D eigenvalue weighted by Crippen LogP contribution is -2.47. The molecule has 3 aromatic rings. The SMILES string of the molecule is CC(=O)c1cc(C)c[n+](C2OC(COC(=O)c3ccccc3)C(OC(=O)c3ccccc3)C2O)c1. The van der Waals surface area contributed by atoms with Crippen LogP contribution in [0.15, 0.2) is 79.1 Å².